The Morgan fingerprint density at radius 2 is 1.67 bits per heavy atom. The van der Waals surface area contributed by atoms with Gasteiger partial charge < -0.3 is 30.5 Å². The molecule has 1 aliphatic heterocycles. The maximum Gasteiger partial charge on any atom is 0.243 e. The Balaban J connectivity index is 1.43. The van der Waals surface area contributed by atoms with Crippen LogP contribution in [0.15, 0.2) is 35.9 Å². The van der Waals surface area contributed by atoms with Crippen LogP contribution in [0.1, 0.15) is 77.2 Å². The van der Waals surface area contributed by atoms with Crippen LogP contribution in [-0.2, 0) is 30.3 Å². The first-order valence-electron chi connectivity index (χ1n) is 15.1. The number of carbonyl (C=O) groups excluding carboxylic acids is 4. The van der Waals surface area contributed by atoms with Crippen molar-refractivity contribution in [3.05, 3.63) is 41.5 Å². The van der Waals surface area contributed by atoms with Crippen LogP contribution in [0.5, 0.6) is 5.75 Å². The predicted octanol–water partition coefficient (Wildman–Crippen LogP) is 2.51. The number of amides is 3. The fraction of sp³-hybridized carbons (Fsp3) is 0.625. The molecule has 4 unspecified atom stereocenters. The standard InChI is InChI=1S/C32H45N3O7/c1-20(33-28(37)18-23-8-12-24(36)13-9-23)30(39)35-27(17-22-10-14-25(41-3)15-11-22)31(40)34-26(16-21-6-4-5-7-21)29(38)32(2)19-42-32/h6,10-11,14-15,20,23-24,26-27,36H,4-5,7-9,12-13,16-19H2,1-3H3,(H,33,37)(H,34,40)(H,35,39). The number of rotatable bonds is 14. The fourth-order valence-corrected chi connectivity index (χ4v) is 5.77. The van der Waals surface area contributed by atoms with Gasteiger partial charge >= 0.3 is 0 Å². The Hall–Kier alpha value is -3.24. The highest BCUT2D eigenvalue weighted by Crippen LogP contribution is 2.31. The minimum Gasteiger partial charge on any atom is -0.497 e. The van der Waals surface area contributed by atoms with Crippen molar-refractivity contribution in [2.24, 2.45) is 5.92 Å². The number of ether oxygens (including phenoxy) is 2. The molecule has 0 spiro atoms. The van der Waals surface area contributed by atoms with Crippen molar-refractivity contribution in [2.75, 3.05) is 13.7 Å². The second kappa shape index (κ2) is 14.3. The quantitative estimate of drug-likeness (QED) is 0.194. The number of allylic oxidation sites excluding steroid dienone is 1. The van der Waals surface area contributed by atoms with Gasteiger partial charge in [-0.3, -0.25) is 19.2 Å². The van der Waals surface area contributed by atoms with E-state index in [0.29, 0.717) is 38.0 Å². The van der Waals surface area contributed by atoms with E-state index in [0.717, 1.165) is 43.2 Å². The number of epoxide rings is 1. The van der Waals surface area contributed by atoms with Gasteiger partial charge in [-0.05, 0) is 88.8 Å². The fourth-order valence-electron chi connectivity index (χ4n) is 5.77. The second-order valence-electron chi connectivity index (χ2n) is 12.2. The van der Waals surface area contributed by atoms with E-state index in [1.165, 1.54) is 0 Å². The summed E-state index contributed by atoms with van der Waals surface area (Å²) < 4.78 is 10.6. The first kappa shape index (κ1) is 31.7. The molecule has 1 saturated heterocycles. The van der Waals surface area contributed by atoms with Gasteiger partial charge in [-0.15, -0.1) is 0 Å². The minimum absolute atomic E-state index is 0.172. The lowest BCUT2D eigenvalue weighted by atomic mass is 9.85. The van der Waals surface area contributed by atoms with Gasteiger partial charge in [0.25, 0.3) is 0 Å². The molecule has 0 aromatic heterocycles. The first-order valence-corrected chi connectivity index (χ1v) is 15.1. The van der Waals surface area contributed by atoms with Gasteiger partial charge in [-0.25, -0.2) is 0 Å². The number of hydrogen-bond acceptors (Lipinski definition) is 7. The summed E-state index contributed by atoms with van der Waals surface area (Å²) in [4.78, 5) is 52.9. The molecule has 4 N–H and O–H groups in total. The summed E-state index contributed by atoms with van der Waals surface area (Å²) in [7, 11) is 1.57. The smallest absolute Gasteiger partial charge is 0.243 e. The lowest BCUT2D eigenvalue weighted by Gasteiger charge is -2.26. The van der Waals surface area contributed by atoms with Gasteiger partial charge in [-0.1, -0.05) is 23.8 Å². The molecule has 10 heteroatoms. The summed E-state index contributed by atoms with van der Waals surface area (Å²) >= 11 is 0. The van der Waals surface area contributed by atoms with Gasteiger partial charge in [-0.2, -0.15) is 0 Å². The molecule has 42 heavy (non-hydrogen) atoms. The van der Waals surface area contributed by atoms with Gasteiger partial charge in [0, 0.05) is 12.8 Å². The lowest BCUT2D eigenvalue weighted by molar-refractivity contribution is -0.134. The Labute approximate surface area is 248 Å². The zero-order valence-electron chi connectivity index (χ0n) is 24.9. The summed E-state index contributed by atoms with van der Waals surface area (Å²) in [6.07, 6.45) is 8.51. The maximum atomic E-state index is 13.7. The number of ketones is 1. The van der Waals surface area contributed by atoms with Gasteiger partial charge in [0.2, 0.25) is 17.7 Å². The van der Waals surface area contributed by atoms with E-state index in [1.807, 2.05) is 12.1 Å². The zero-order valence-corrected chi connectivity index (χ0v) is 24.9. The molecule has 1 aromatic carbocycles. The SMILES string of the molecule is COc1ccc(CC(NC(=O)C(C)NC(=O)CC2CCC(O)CC2)C(=O)NC(CC2=CCCC2)C(=O)C2(C)CO2)cc1. The van der Waals surface area contributed by atoms with Crippen LogP contribution >= 0.6 is 0 Å². The number of methoxy groups -OCH3 is 1. The van der Waals surface area contributed by atoms with E-state index in [-0.39, 0.29) is 30.1 Å². The third-order valence-corrected chi connectivity index (χ3v) is 8.63. The molecule has 2 aliphatic carbocycles. The van der Waals surface area contributed by atoms with Crippen molar-refractivity contribution in [2.45, 2.75) is 108 Å². The van der Waals surface area contributed by atoms with E-state index in [4.69, 9.17) is 9.47 Å². The maximum absolute atomic E-state index is 13.7. The molecule has 0 radical (unpaired) electrons. The van der Waals surface area contributed by atoms with Crippen LogP contribution in [0.4, 0.5) is 0 Å². The molecule has 4 atom stereocenters. The number of aliphatic hydroxyl groups is 1. The Morgan fingerprint density at radius 1 is 1.00 bits per heavy atom. The summed E-state index contributed by atoms with van der Waals surface area (Å²) in [6.45, 7) is 3.64. The molecule has 2 fully saturated rings. The van der Waals surface area contributed by atoms with Crippen molar-refractivity contribution in [3.8, 4) is 5.75 Å². The van der Waals surface area contributed by atoms with E-state index in [1.54, 1.807) is 33.1 Å². The monoisotopic (exact) mass is 583 g/mol. The van der Waals surface area contributed by atoms with Crippen LogP contribution in [0.2, 0.25) is 0 Å². The molecule has 1 heterocycles. The van der Waals surface area contributed by atoms with E-state index in [9.17, 15) is 24.3 Å². The molecule has 1 aromatic rings. The first-order chi connectivity index (χ1) is 20.1. The van der Waals surface area contributed by atoms with Gasteiger partial charge in [0.15, 0.2) is 5.78 Å². The molecule has 230 valence electrons. The molecule has 1 saturated carbocycles. The number of aliphatic hydroxyl groups excluding tert-OH is 1. The van der Waals surface area contributed by atoms with Crippen LogP contribution in [0.3, 0.4) is 0 Å². The zero-order chi connectivity index (χ0) is 30.3. The van der Waals surface area contributed by atoms with Crippen molar-refractivity contribution in [3.63, 3.8) is 0 Å². The highest BCUT2D eigenvalue weighted by atomic mass is 16.6. The molecule has 4 rings (SSSR count). The van der Waals surface area contributed by atoms with Gasteiger partial charge in [0.1, 0.15) is 23.4 Å². The summed E-state index contributed by atoms with van der Waals surface area (Å²) in [6, 6.07) is 4.59. The number of hydrogen-bond donors (Lipinski definition) is 4. The molecule has 10 nitrogen and oxygen atoms in total. The number of benzene rings is 1. The van der Waals surface area contributed by atoms with Crippen LogP contribution in [-0.4, -0.2) is 72.2 Å². The Bertz CT molecular complexity index is 1150. The summed E-state index contributed by atoms with van der Waals surface area (Å²) in [5.41, 5.74) is 1.03. The van der Waals surface area contributed by atoms with Crippen LogP contribution in [0, 0.1) is 5.92 Å². The largest absolute Gasteiger partial charge is 0.497 e. The van der Waals surface area contributed by atoms with Crippen molar-refractivity contribution in [1.82, 2.24) is 16.0 Å². The summed E-state index contributed by atoms with van der Waals surface area (Å²) in [5, 5.41) is 18.2. The highest BCUT2D eigenvalue weighted by molar-refractivity contribution is 5.98. The highest BCUT2D eigenvalue weighted by Gasteiger charge is 2.50. The van der Waals surface area contributed by atoms with Crippen molar-refractivity contribution < 1.29 is 33.8 Å². The van der Waals surface area contributed by atoms with Crippen LogP contribution in [0.25, 0.3) is 0 Å². The van der Waals surface area contributed by atoms with E-state index in [2.05, 4.69) is 22.0 Å². The van der Waals surface area contributed by atoms with E-state index >= 15 is 0 Å². The number of nitrogens with one attached hydrogen (secondary N) is 3. The predicted molar refractivity (Wildman–Crippen MR) is 157 cm³/mol. The Kier molecular flexibility index (Phi) is 10.8. The third-order valence-electron chi connectivity index (χ3n) is 8.63. The minimum atomic E-state index is -0.981. The normalized spacial score (nSPS) is 25.4. The second-order valence-corrected chi connectivity index (χ2v) is 12.2. The molecule has 3 amide bonds. The van der Waals surface area contributed by atoms with Crippen LogP contribution < -0.4 is 20.7 Å². The van der Waals surface area contributed by atoms with Crippen molar-refractivity contribution >= 4 is 23.5 Å². The molecular formula is C32H45N3O7. The molecule has 3 aliphatic rings. The average molecular weight is 584 g/mol. The molecule has 0 bridgehead atoms. The topological polar surface area (TPSA) is 146 Å². The lowest BCUT2D eigenvalue weighted by Crippen LogP contribution is -2.56. The third kappa shape index (κ3) is 8.88. The van der Waals surface area contributed by atoms with Crippen molar-refractivity contribution in [1.29, 1.82) is 0 Å². The number of carbonyl (C=O) groups is 4. The van der Waals surface area contributed by atoms with Gasteiger partial charge in [0.05, 0.1) is 25.9 Å². The molecular weight excluding hydrogens is 538 g/mol. The Morgan fingerprint density at radius 3 is 2.26 bits per heavy atom. The number of Topliss-reactive ketones (excluding diaryl/α,β-unsaturated/α-hetero) is 1. The summed E-state index contributed by atoms with van der Waals surface area (Å²) in [5.74, 6) is -0.521. The average Bonchev–Trinajstić information content (AvgIpc) is 3.51. The van der Waals surface area contributed by atoms with E-state index < -0.39 is 35.5 Å².